The Morgan fingerprint density at radius 1 is 0.968 bits per heavy atom. The van der Waals surface area contributed by atoms with Crippen molar-refractivity contribution in [1.29, 1.82) is 0 Å². The van der Waals surface area contributed by atoms with Crippen molar-refractivity contribution >= 4 is 39.1 Å². The molecule has 0 fully saturated rings. The van der Waals surface area contributed by atoms with Gasteiger partial charge in [0.1, 0.15) is 6.54 Å². The van der Waals surface area contributed by atoms with Gasteiger partial charge in [-0.2, -0.15) is 0 Å². The fourth-order valence-electron chi connectivity index (χ4n) is 3.28. The van der Waals surface area contributed by atoms with Crippen molar-refractivity contribution in [3.05, 3.63) is 83.9 Å². The Bertz CT molecular complexity index is 1160. The Kier molecular flexibility index (Phi) is 7.41. The van der Waals surface area contributed by atoms with E-state index in [4.69, 9.17) is 0 Å². The fourth-order valence-corrected chi connectivity index (χ4v) is 5.54. The zero-order valence-corrected chi connectivity index (χ0v) is 19.5. The van der Waals surface area contributed by atoms with Crippen molar-refractivity contribution in [2.24, 2.45) is 0 Å². The summed E-state index contributed by atoms with van der Waals surface area (Å²) in [6.45, 7) is 5.51. The van der Waals surface area contributed by atoms with Gasteiger partial charge in [0.25, 0.3) is 10.0 Å². The molecule has 0 saturated carbocycles. The Hall–Kier alpha value is -2.77. The number of nitrogens with one attached hydrogen (secondary N) is 1. The van der Waals surface area contributed by atoms with Gasteiger partial charge in [0, 0.05) is 4.90 Å². The highest BCUT2D eigenvalue weighted by Gasteiger charge is 2.28. The lowest BCUT2D eigenvalue weighted by Crippen LogP contribution is -2.38. The van der Waals surface area contributed by atoms with E-state index in [2.05, 4.69) is 5.32 Å². The molecule has 3 rings (SSSR count). The van der Waals surface area contributed by atoms with E-state index in [-0.39, 0.29) is 11.4 Å². The van der Waals surface area contributed by atoms with Crippen molar-refractivity contribution in [2.75, 3.05) is 21.9 Å². The number of anilines is 2. The van der Waals surface area contributed by atoms with Crippen LogP contribution in [0.3, 0.4) is 0 Å². The van der Waals surface area contributed by atoms with Crippen LogP contribution in [0.25, 0.3) is 0 Å². The minimum absolute atomic E-state index is 0.143. The van der Waals surface area contributed by atoms with Gasteiger partial charge < -0.3 is 5.32 Å². The third-order valence-corrected chi connectivity index (χ3v) is 7.43. The largest absolute Gasteiger partial charge is 0.323 e. The van der Waals surface area contributed by atoms with Crippen molar-refractivity contribution in [3.8, 4) is 0 Å². The van der Waals surface area contributed by atoms with Gasteiger partial charge >= 0.3 is 0 Å². The number of carbonyl (C=O) groups is 1. The third kappa shape index (κ3) is 5.48. The first-order valence-corrected chi connectivity index (χ1v) is 12.4. The molecular weight excluding hydrogens is 428 g/mol. The molecule has 7 heteroatoms. The molecule has 31 heavy (non-hydrogen) atoms. The molecule has 0 aromatic heterocycles. The van der Waals surface area contributed by atoms with Crippen molar-refractivity contribution in [2.45, 2.75) is 30.6 Å². The second-order valence-corrected chi connectivity index (χ2v) is 10.3. The fraction of sp³-hybridized carbons (Fsp3) is 0.208. The van der Waals surface area contributed by atoms with E-state index in [0.29, 0.717) is 11.4 Å². The molecule has 0 unspecified atom stereocenters. The quantitative estimate of drug-likeness (QED) is 0.472. The molecule has 0 aliphatic heterocycles. The van der Waals surface area contributed by atoms with Gasteiger partial charge in [-0.3, -0.25) is 9.10 Å². The maximum atomic E-state index is 13.5. The lowest BCUT2D eigenvalue weighted by atomic mass is 10.1. The topological polar surface area (TPSA) is 66.5 Å². The first-order valence-electron chi connectivity index (χ1n) is 9.99. The molecule has 3 aromatic rings. The maximum Gasteiger partial charge on any atom is 0.264 e. The van der Waals surface area contributed by atoms with Crippen LogP contribution in [0.1, 0.15) is 18.1 Å². The zero-order chi connectivity index (χ0) is 22.4. The molecule has 0 aliphatic rings. The maximum absolute atomic E-state index is 13.5. The van der Waals surface area contributed by atoms with E-state index in [0.717, 1.165) is 21.8 Å². The molecule has 5 nitrogen and oxygen atoms in total. The number of para-hydroxylation sites is 1. The first-order chi connectivity index (χ1) is 14.8. The van der Waals surface area contributed by atoms with E-state index in [1.54, 1.807) is 36.0 Å². The van der Waals surface area contributed by atoms with Gasteiger partial charge in [-0.25, -0.2) is 8.42 Å². The molecule has 0 heterocycles. The summed E-state index contributed by atoms with van der Waals surface area (Å²) < 4.78 is 28.1. The summed E-state index contributed by atoms with van der Waals surface area (Å²) >= 11 is 1.62. The number of hydrogen-bond donors (Lipinski definition) is 1. The number of thioether (sulfide) groups is 1. The minimum Gasteiger partial charge on any atom is -0.323 e. The number of benzene rings is 3. The van der Waals surface area contributed by atoms with Gasteiger partial charge in [-0.1, -0.05) is 55.0 Å². The Labute approximate surface area is 188 Å². The summed E-state index contributed by atoms with van der Waals surface area (Å²) in [6, 6.07) is 21.2. The van der Waals surface area contributed by atoms with Crippen LogP contribution >= 0.6 is 11.8 Å². The Morgan fingerprint density at radius 2 is 1.65 bits per heavy atom. The Morgan fingerprint density at radius 3 is 2.32 bits per heavy atom. The van der Waals surface area contributed by atoms with Crippen LogP contribution in [0.5, 0.6) is 0 Å². The van der Waals surface area contributed by atoms with E-state index in [1.807, 2.05) is 57.2 Å². The first kappa shape index (κ1) is 22.9. The Balaban J connectivity index is 1.97. The molecular formula is C24H26N2O3S2. The standard InChI is InChI=1S/C24H26N2O3S2/c1-4-30-23-13-9-8-12-21(23)25-24(27)17-26(22-15-14-18(2)16-19(22)3)31(28,29)20-10-6-5-7-11-20/h5-16H,4,17H2,1-3H3,(H,25,27). The SMILES string of the molecule is CCSc1ccccc1NC(=O)CN(c1ccc(C)cc1C)S(=O)(=O)c1ccccc1. The molecule has 3 aromatic carbocycles. The number of nitrogens with zero attached hydrogens (tertiary/aromatic N) is 1. The van der Waals surface area contributed by atoms with Crippen LogP contribution in [0.4, 0.5) is 11.4 Å². The van der Waals surface area contributed by atoms with Crippen molar-refractivity contribution < 1.29 is 13.2 Å². The highest BCUT2D eigenvalue weighted by atomic mass is 32.2. The van der Waals surface area contributed by atoms with Crippen LogP contribution in [0.15, 0.2) is 82.6 Å². The molecule has 1 amide bonds. The summed E-state index contributed by atoms with van der Waals surface area (Å²) in [6.07, 6.45) is 0. The smallest absolute Gasteiger partial charge is 0.264 e. The van der Waals surface area contributed by atoms with Gasteiger partial charge in [0.15, 0.2) is 0 Å². The number of rotatable bonds is 8. The number of amides is 1. The predicted octanol–water partition coefficient (Wildman–Crippen LogP) is 5.25. The summed E-state index contributed by atoms with van der Waals surface area (Å²) in [5.74, 6) is 0.466. The minimum atomic E-state index is -3.93. The highest BCUT2D eigenvalue weighted by molar-refractivity contribution is 7.99. The average Bonchev–Trinajstić information content (AvgIpc) is 2.75. The lowest BCUT2D eigenvalue weighted by Gasteiger charge is -2.26. The molecule has 0 radical (unpaired) electrons. The van der Waals surface area contributed by atoms with Crippen LogP contribution in [0, 0.1) is 13.8 Å². The molecule has 0 bridgehead atoms. The summed E-state index contributed by atoms with van der Waals surface area (Å²) in [5.41, 5.74) is 2.97. The average molecular weight is 455 g/mol. The second-order valence-electron chi connectivity index (χ2n) is 7.09. The molecule has 0 spiro atoms. The van der Waals surface area contributed by atoms with Gasteiger partial charge in [-0.15, -0.1) is 11.8 Å². The van der Waals surface area contributed by atoms with Crippen LogP contribution in [-0.2, 0) is 14.8 Å². The van der Waals surface area contributed by atoms with Crippen LogP contribution < -0.4 is 9.62 Å². The van der Waals surface area contributed by atoms with Gasteiger partial charge in [0.2, 0.25) is 5.91 Å². The predicted molar refractivity (Wildman–Crippen MR) is 128 cm³/mol. The van der Waals surface area contributed by atoms with Crippen molar-refractivity contribution in [1.82, 2.24) is 0 Å². The van der Waals surface area contributed by atoms with E-state index in [9.17, 15) is 13.2 Å². The van der Waals surface area contributed by atoms with Crippen LogP contribution in [-0.4, -0.2) is 26.6 Å². The molecule has 1 N–H and O–H groups in total. The van der Waals surface area contributed by atoms with E-state index >= 15 is 0 Å². The van der Waals surface area contributed by atoms with E-state index < -0.39 is 15.9 Å². The second kappa shape index (κ2) is 10.0. The molecule has 162 valence electrons. The van der Waals surface area contributed by atoms with E-state index in [1.165, 1.54) is 16.4 Å². The number of carbonyl (C=O) groups excluding carboxylic acids is 1. The summed E-state index contributed by atoms with van der Waals surface area (Å²) in [7, 11) is -3.93. The normalized spacial score (nSPS) is 11.2. The highest BCUT2D eigenvalue weighted by Crippen LogP contribution is 2.29. The molecule has 0 aliphatic carbocycles. The summed E-state index contributed by atoms with van der Waals surface area (Å²) in [4.78, 5) is 14.1. The van der Waals surface area contributed by atoms with Crippen LogP contribution in [0.2, 0.25) is 0 Å². The van der Waals surface area contributed by atoms with Gasteiger partial charge in [0.05, 0.1) is 16.3 Å². The molecule has 0 saturated heterocycles. The van der Waals surface area contributed by atoms with Crippen molar-refractivity contribution in [3.63, 3.8) is 0 Å². The molecule has 0 atom stereocenters. The number of sulfonamides is 1. The number of hydrogen-bond acceptors (Lipinski definition) is 4. The summed E-state index contributed by atoms with van der Waals surface area (Å²) in [5, 5.41) is 2.88. The monoisotopic (exact) mass is 454 g/mol. The lowest BCUT2D eigenvalue weighted by molar-refractivity contribution is -0.114. The third-order valence-electron chi connectivity index (χ3n) is 4.70. The van der Waals surface area contributed by atoms with Gasteiger partial charge in [-0.05, 0) is 55.5 Å². The zero-order valence-electron chi connectivity index (χ0n) is 17.8. The number of aryl methyl sites for hydroxylation is 2.